The van der Waals surface area contributed by atoms with Crippen molar-refractivity contribution in [3.63, 3.8) is 0 Å². The molecule has 33 heavy (non-hydrogen) atoms. The Hall–Kier alpha value is -3.26. The van der Waals surface area contributed by atoms with Gasteiger partial charge < -0.3 is 14.2 Å². The molecular formula is C25H27NO6S. The smallest absolute Gasteiger partial charge is 0.326 e. The third-order valence-corrected chi connectivity index (χ3v) is 5.45. The standard InChI is InChI=1S/C25H27NO6S/c1-4-30-21-12-19(10-11-20(21)31-16-18-8-6-5-7-9-18)13-22-24(28)26(25(29)33-22)14-23(27)32-15-17(2)3/h5-13,17H,4,14-16H2,1-3H3/b22-13+. The van der Waals surface area contributed by atoms with Crippen molar-refractivity contribution in [2.24, 2.45) is 5.92 Å². The Morgan fingerprint density at radius 2 is 1.82 bits per heavy atom. The first kappa shape index (κ1) is 24.4. The molecule has 3 rings (SSSR count). The zero-order chi connectivity index (χ0) is 23.8. The van der Waals surface area contributed by atoms with Crippen LogP contribution in [0.3, 0.4) is 0 Å². The minimum atomic E-state index is -0.606. The molecule has 1 aliphatic heterocycles. The summed E-state index contributed by atoms with van der Waals surface area (Å²) in [4.78, 5) is 38.0. The van der Waals surface area contributed by atoms with Gasteiger partial charge in [-0.2, -0.15) is 0 Å². The van der Waals surface area contributed by atoms with Gasteiger partial charge in [-0.15, -0.1) is 0 Å². The molecule has 0 aromatic heterocycles. The summed E-state index contributed by atoms with van der Waals surface area (Å²) in [7, 11) is 0. The minimum Gasteiger partial charge on any atom is -0.490 e. The van der Waals surface area contributed by atoms with E-state index < -0.39 is 23.7 Å². The fourth-order valence-electron chi connectivity index (χ4n) is 2.96. The average Bonchev–Trinajstić information content (AvgIpc) is 3.05. The highest BCUT2D eigenvalue weighted by Gasteiger charge is 2.36. The number of esters is 1. The first-order chi connectivity index (χ1) is 15.9. The van der Waals surface area contributed by atoms with Crippen molar-refractivity contribution in [1.82, 2.24) is 4.90 Å². The van der Waals surface area contributed by atoms with E-state index in [1.807, 2.05) is 51.1 Å². The van der Waals surface area contributed by atoms with E-state index in [0.717, 1.165) is 22.2 Å². The second-order valence-corrected chi connectivity index (χ2v) is 8.75. The number of ether oxygens (including phenoxy) is 3. The van der Waals surface area contributed by atoms with E-state index in [1.165, 1.54) is 0 Å². The fourth-order valence-corrected chi connectivity index (χ4v) is 3.80. The van der Waals surface area contributed by atoms with Gasteiger partial charge in [0.1, 0.15) is 13.2 Å². The molecule has 0 saturated carbocycles. The van der Waals surface area contributed by atoms with E-state index in [1.54, 1.807) is 24.3 Å². The van der Waals surface area contributed by atoms with Gasteiger partial charge >= 0.3 is 5.97 Å². The van der Waals surface area contributed by atoms with Crippen LogP contribution in [0.25, 0.3) is 6.08 Å². The van der Waals surface area contributed by atoms with Crippen molar-refractivity contribution < 1.29 is 28.6 Å². The molecule has 2 amide bonds. The SMILES string of the molecule is CCOc1cc(/C=C2/SC(=O)N(CC(=O)OCC(C)C)C2=O)ccc1OCc1ccccc1. The number of amides is 2. The van der Waals surface area contributed by atoms with Crippen LogP contribution in [0.1, 0.15) is 31.9 Å². The normalized spacial score (nSPS) is 14.8. The molecule has 8 heteroatoms. The predicted molar refractivity (Wildman–Crippen MR) is 127 cm³/mol. The average molecular weight is 470 g/mol. The van der Waals surface area contributed by atoms with E-state index >= 15 is 0 Å². The highest BCUT2D eigenvalue weighted by atomic mass is 32.2. The first-order valence-corrected chi connectivity index (χ1v) is 11.5. The third kappa shape index (κ3) is 6.86. The number of nitrogens with zero attached hydrogens (tertiary/aromatic N) is 1. The summed E-state index contributed by atoms with van der Waals surface area (Å²) < 4.78 is 16.7. The Labute approximate surface area is 197 Å². The number of thioether (sulfide) groups is 1. The molecule has 0 unspecified atom stereocenters. The van der Waals surface area contributed by atoms with E-state index in [9.17, 15) is 14.4 Å². The minimum absolute atomic E-state index is 0.169. The van der Waals surface area contributed by atoms with Gasteiger partial charge in [0.05, 0.1) is 18.1 Å². The number of carbonyl (C=O) groups is 3. The van der Waals surface area contributed by atoms with Crippen molar-refractivity contribution in [3.05, 3.63) is 64.6 Å². The van der Waals surface area contributed by atoms with E-state index in [2.05, 4.69) is 0 Å². The van der Waals surface area contributed by atoms with E-state index in [0.29, 0.717) is 30.3 Å². The third-order valence-electron chi connectivity index (χ3n) is 4.54. The molecular weight excluding hydrogens is 442 g/mol. The Kier molecular flexibility index (Phi) is 8.54. The molecule has 0 radical (unpaired) electrons. The molecule has 1 fully saturated rings. The van der Waals surface area contributed by atoms with Crippen molar-refractivity contribution >= 4 is 35.0 Å². The summed E-state index contributed by atoms with van der Waals surface area (Å²) >= 11 is 0.793. The van der Waals surface area contributed by atoms with Gasteiger partial charge in [-0.1, -0.05) is 50.2 Å². The number of carbonyl (C=O) groups excluding carboxylic acids is 3. The van der Waals surface area contributed by atoms with Gasteiger partial charge in [0, 0.05) is 0 Å². The number of hydrogen-bond acceptors (Lipinski definition) is 7. The highest BCUT2D eigenvalue weighted by Crippen LogP contribution is 2.35. The number of hydrogen-bond donors (Lipinski definition) is 0. The molecule has 174 valence electrons. The van der Waals surface area contributed by atoms with Crippen molar-refractivity contribution in [1.29, 1.82) is 0 Å². The summed E-state index contributed by atoms with van der Waals surface area (Å²) in [6.45, 7) is 6.37. The van der Waals surface area contributed by atoms with Crippen LogP contribution >= 0.6 is 11.8 Å². The van der Waals surface area contributed by atoms with Crippen LogP contribution in [-0.2, 0) is 20.9 Å². The Morgan fingerprint density at radius 3 is 2.52 bits per heavy atom. The summed E-state index contributed by atoms with van der Waals surface area (Å²) in [5, 5.41) is -0.499. The largest absolute Gasteiger partial charge is 0.490 e. The summed E-state index contributed by atoms with van der Waals surface area (Å²) in [5.41, 5.74) is 1.71. The van der Waals surface area contributed by atoms with Gasteiger partial charge in [-0.25, -0.2) is 0 Å². The first-order valence-electron chi connectivity index (χ1n) is 10.7. The summed E-state index contributed by atoms with van der Waals surface area (Å²) in [5.74, 6) is 0.167. The molecule has 2 aromatic carbocycles. The number of benzene rings is 2. The lowest BCUT2D eigenvalue weighted by Gasteiger charge is -2.13. The number of rotatable bonds is 10. The maximum absolute atomic E-state index is 12.7. The van der Waals surface area contributed by atoms with Gasteiger partial charge in [0.15, 0.2) is 11.5 Å². The monoisotopic (exact) mass is 469 g/mol. The zero-order valence-electron chi connectivity index (χ0n) is 18.9. The molecule has 2 aromatic rings. The Bertz CT molecular complexity index is 1030. The molecule has 1 saturated heterocycles. The van der Waals surface area contributed by atoms with Crippen molar-refractivity contribution in [2.75, 3.05) is 19.8 Å². The molecule has 0 N–H and O–H groups in total. The van der Waals surface area contributed by atoms with Crippen LogP contribution in [0, 0.1) is 5.92 Å². The molecule has 0 aliphatic carbocycles. The molecule has 0 atom stereocenters. The summed E-state index contributed by atoms with van der Waals surface area (Å²) in [6, 6.07) is 15.1. The van der Waals surface area contributed by atoms with Crippen LogP contribution in [0.4, 0.5) is 4.79 Å². The molecule has 1 aliphatic rings. The lowest BCUT2D eigenvalue weighted by Crippen LogP contribution is -2.34. The number of imide groups is 1. The maximum atomic E-state index is 12.7. The Morgan fingerprint density at radius 1 is 1.06 bits per heavy atom. The molecule has 0 bridgehead atoms. The quantitative estimate of drug-likeness (QED) is 0.362. The molecule has 7 nitrogen and oxygen atoms in total. The Balaban J connectivity index is 1.71. The summed E-state index contributed by atoms with van der Waals surface area (Å²) in [6.07, 6.45) is 1.61. The highest BCUT2D eigenvalue weighted by molar-refractivity contribution is 8.18. The van der Waals surface area contributed by atoms with Gasteiger partial charge in [-0.05, 0) is 53.9 Å². The lowest BCUT2D eigenvalue weighted by molar-refractivity contribution is -0.147. The van der Waals surface area contributed by atoms with Crippen LogP contribution in [0.15, 0.2) is 53.4 Å². The topological polar surface area (TPSA) is 82.1 Å². The van der Waals surface area contributed by atoms with Crippen LogP contribution < -0.4 is 9.47 Å². The maximum Gasteiger partial charge on any atom is 0.326 e. The van der Waals surface area contributed by atoms with Crippen LogP contribution in [0.5, 0.6) is 11.5 Å². The van der Waals surface area contributed by atoms with Gasteiger partial charge in [0.2, 0.25) is 0 Å². The van der Waals surface area contributed by atoms with Crippen LogP contribution in [0.2, 0.25) is 0 Å². The van der Waals surface area contributed by atoms with E-state index in [4.69, 9.17) is 14.2 Å². The van der Waals surface area contributed by atoms with Crippen molar-refractivity contribution in [3.8, 4) is 11.5 Å². The second-order valence-electron chi connectivity index (χ2n) is 7.76. The van der Waals surface area contributed by atoms with E-state index in [-0.39, 0.29) is 17.4 Å². The van der Waals surface area contributed by atoms with Crippen molar-refractivity contribution in [2.45, 2.75) is 27.4 Å². The molecule has 0 spiro atoms. The van der Waals surface area contributed by atoms with Crippen LogP contribution in [-0.4, -0.2) is 41.8 Å². The van der Waals surface area contributed by atoms with Gasteiger partial charge in [-0.3, -0.25) is 19.3 Å². The second kappa shape index (κ2) is 11.6. The molecule has 1 heterocycles. The van der Waals surface area contributed by atoms with Gasteiger partial charge in [0.25, 0.3) is 11.1 Å². The lowest BCUT2D eigenvalue weighted by atomic mass is 10.1. The predicted octanol–water partition coefficient (Wildman–Crippen LogP) is 4.90. The zero-order valence-corrected chi connectivity index (χ0v) is 19.7. The fraction of sp³-hybridized carbons (Fsp3) is 0.320.